The van der Waals surface area contributed by atoms with Crippen LogP contribution in [-0.4, -0.2) is 22.6 Å². The highest BCUT2D eigenvalue weighted by Crippen LogP contribution is 2.09. The molecule has 14 heavy (non-hydrogen) atoms. The minimum absolute atomic E-state index is 0.329. The molecule has 0 aliphatic heterocycles. The monoisotopic (exact) mass is 194 g/mol. The van der Waals surface area contributed by atoms with Crippen molar-refractivity contribution in [3.8, 4) is 0 Å². The summed E-state index contributed by atoms with van der Waals surface area (Å²) in [5.74, 6) is -0.360. The molecule has 0 atom stereocenters. The fraction of sp³-hybridized carbons (Fsp3) is 0.400. The molecule has 0 saturated heterocycles. The number of rotatable bonds is 3. The van der Waals surface area contributed by atoms with Crippen LogP contribution >= 0.6 is 0 Å². The molecule has 0 aromatic carbocycles. The first kappa shape index (κ1) is 10.5. The highest BCUT2D eigenvalue weighted by Gasteiger charge is 2.02. The maximum absolute atomic E-state index is 10.8. The molecule has 76 valence electrons. The molecule has 0 amide bonds. The largest absolute Gasteiger partial charge is 0.466 e. The van der Waals surface area contributed by atoms with Crippen molar-refractivity contribution in [3.05, 3.63) is 24.3 Å². The lowest BCUT2D eigenvalue weighted by Gasteiger charge is -2.08. The first-order chi connectivity index (χ1) is 6.65. The van der Waals surface area contributed by atoms with Crippen molar-refractivity contribution in [2.75, 3.05) is 7.11 Å². The second-order valence-corrected chi connectivity index (χ2v) is 3.18. The van der Waals surface area contributed by atoms with Gasteiger partial charge in [-0.2, -0.15) is 0 Å². The van der Waals surface area contributed by atoms with Gasteiger partial charge in [-0.25, -0.2) is 9.78 Å². The summed E-state index contributed by atoms with van der Waals surface area (Å²) in [4.78, 5) is 14.9. The zero-order chi connectivity index (χ0) is 10.6. The number of hydrogen-bond acceptors (Lipinski definition) is 3. The van der Waals surface area contributed by atoms with Crippen LogP contribution in [0.15, 0.2) is 18.6 Å². The molecular formula is C10H14N2O2. The number of aromatic nitrogens is 2. The van der Waals surface area contributed by atoms with Gasteiger partial charge in [-0.1, -0.05) is 0 Å². The van der Waals surface area contributed by atoms with Crippen LogP contribution in [0.2, 0.25) is 0 Å². The summed E-state index contributed by atoms with van der Waals surface area (Å²) in [6.45, 7) is 4.11. The van der Waals surface area contributed by atoms with Gasteiger partial charge in [0.25, 0.3) is 0 Å². The van der Waals surface area contributed by atoms with E-state index in [0.717, 1.165) is 5.69 Å². The van der Waals surface area contributed by atoms with Gasteiger partial charge >= 0.3 is 5.97 Å². The third-order valence-corrected chi connectivity index (χ3v) is 1.84. The Bertz CT molecular complexity index is 340. The number of carbonyl (C=O) groups is 1. The van der Waals surface area contributed by atoms with Crippen LogP contribution in [0.4, 0.5) is 0 Å². The minimum atomic E-state index is -0.360. The molecule has 1 aromatic heterocycles. The second kappa shape index (κ2) is 4.60. The maximum atomic E-state index is 10.8. The maximum Gasteiger partial charge on any atom is 0.330 e. The smallest absolute Gasteiger partial charge is 0.330 e. The lowest BCUT2D eigenvalue weighted by atomic mass is 10.3. The molecule has 0 fully saturated rings. The highest BCUT2D eigenvalue weighted by atomic mass is 16.5. The summed E-state index contributed by atoms with van der Waals surface area (Å²) >= 11 is 0. The predicted octanol–water partition coefficient (Wildman–Crippen LogP) is 1.65. The molecule has 0 N–H and O–H groups in total. The number of carbonyl (C=O) groups excluding carboxylic acids is 1. The molecular weight excluding hydrogens is 180 g/mol. The summed E-state index contributed by atoms with van der Waals surface area (Å²) in [7, 11) is 1.35. The topological polar surface area (TPSA) is 44.1 Å². The van der Waals surface area contributed by atoms with E-state index in [-0.39, 0.29) is 5.97 Å². The average Bonchev–Trinajstić information content (AvgIpc) is 2.62. The molecule has 0 spiro atoms. The Morgan fingerprint density at radius 2 is 2.36 bits per heavy atom. The molecule has 1 rings (SSSR count). The molecule has 0 unspecified atom stereocenters. The lowest BCUT2D eigenvalue weighted by molar-refractivity contribution is -0.134. The van der Waals surface area contributed by atoms with Crippen LogP contribution in [0.3, 0.4) is 0 Å². The van der Waals surface area contributed by atoms with Gasteiger partial charge in [0.2, 0.25) is 0 Å². The van der Waals surface area contributed by atoms with Gasteiger partial charge in [-0.05, 0) is 19.9 Å². The van der Waals surface area contributed by atoms with Crippen LogP contribution in [-0.2, 0) is 9.53 Å². The van der Waals surface area contributed by atoms with E-state index in [4.69, 9.17) is 0 Å². The van der Waals surface area contributed by atoms with Gasteiger partial charge in [-0.3, -0.25) is 0 Å². The number of hydrogen-bond donors (Lipinski definition) is 0. The van der Waals surface area contributed by atoms with Crippen molar-refractivity contribution in [3.63, 3.8) is 0 Å². The summed E-state index contributed by atoms with van der Waals surface area (Å²) in [6.07, 6.45) is 6.52. The van der Waals surface area contributed by atoms with Crippen LogP contribution in [0.1, 0.15) is 25.6 Å². The van der Waals surface area contributed by atoms with Crippen molar-refractivity contribution in [2.45, 2.75) is 19.9 Å². The molecule has 4 heteroatoms. The van der Waals surface area contributed by atoms with Crippen LogP contribution in [0, 0.1) is 0 Å². The van der Waals surface area contributed by atoms with Gasteiger partial charge in [0.15, 0.2) is 0 Å². The van der Waals surface area contributed by atoms with E-state index in [1.165, 1.54) is 13.2 Å². The molecule has 0 aliphatic carbocycles. The number of esters is 1. The van der Waals surface area contributed by atoms with Gasteiger partial charge in [0.1, 0.15) is 0 Å². The van der Waals surface area contributed by atoms with Crippen LogP contribution < -0.4 is 0 Å². The van der Waals surface area contributed by atoms with Gasteiger partial charge < -0.3 is 9.30 Å². The van der Waals surface area contributed by atoms with E-state index in [1.807, 2.05) is 4.57 Å². The van der Waals surface area contributed by atoms with Crippen molar-refractivity contribution >= 4 is 12.0 Å². The van der Waals surface area contributed by atoms with E-state index in [0.29, 0.717) is 6.04 Å². The SMILES string of the molecule is COC(=O)/C=C/c1cncn1C(C)C. The van der Waals surface area contributed by atoms with Gasteiger partial charge in [0, 0.05) is 12.1 Å². The van der Waals surface area contributed by atoms with Crippen LogP contribution in [0.25, 0.3) is 6.08 Å². The van der Waals surface area contributed by atoms with E-state index >= 15 is 0 Å². The Labute approximate surface area is 83.2 Å². The zero-order valence-electron chi connectivity index (χ0n) is 8.60. The number of nitrogens with zero attached hydrogens (tertiary/aromatic N) is 2. The molecule has 0 bridgehead atoms. The number of ether oxygens (including phenoxy) is 1. The minimum Gasteiger partial charge on any atom is -0.466 e. The Morgan fingerprint density at radius 3 is 2.93 bits per heavy atom. The third-order valence-electron chi connectivity index (χ3n) is 1.84. The van der Waals surface area contributed by atoms with Crippen LogP contribution in [0.5, 0.6) is 0 Å². The van der Waals surface area contributed by atoms with E-state index in [2.05, 4.69) is 23.6 Å². The fourth-order valence-corrected chi connectivity index (χ4v) is 1.10. The Balaban J connectivity index is 2.81. The summed E-state index contributed by atoms with van der Waals surface area (Å²) < 4.78 is 6.47. The summed E-state index contributed by atoms with van der Waals surface area (Å²) in [6, 6.07) is 0.329. The Kier molecular flexibility index (Phi) is 3.45. The van der Waals surface area contributed by atoms with E-state index in [1.54, 1.807) is 18.6 Å². The zero-order valence-corrected chi connectivity index (χ0v) is 8.60. The standard InChI is InChI=1S/C10H14N2O2/c1-8(2)12-7-11-6-9(12)4-5-10(13)14-3/h4-8H,1-3H3/b5-4+. The lowest BCUT2D eigenvalue weighted by Crippen LogP contribution is -2.01. The first-order valence-electron chi connectivity index (χ1n) is 4.43. The van der Waals surface area contributed by atoms with E-state index < -0.39 is 0 Å². The number of imidazole rings is 1. The Morgan fingerprint density at radius 1 is 1.64 bits per heavy atom. The summed E-state index contributed by atoms with van der Waals surface area (Å²) in [5.41, 5.74) is 0.894. The molecule has 4 nitrogen and oxygen atoms in total. The highest BCUT2D eigenvalue weighted by molar-refractivity contribution is 5.86. The van der Waals surface area contributed by atoms with Crippen molar-refractivity contribution in [1.82, 2.24) is 9.55 Å². The Hall–Kier alpha value is -1.58. The molecule has 0 saturated carbocycles. The van der Waals surface area contributed by atoms with Crippen molar-refractivity contribution < 1.29 is 9.53 Å². The normalized spacial score (nSPS) is 11.1. The van der Waals surface area contributed by atoms with Crippen molar-refractivity contribution in [1.29, 1.82) is 0 Å². The first-order valence-corrected chi connectivity index (χ1v) is 4.43. The second-order valence-electron chi connectivity index (χ2n) is 3.18. The fourth-order valence-electron chi connectivity index (χ4n) is 1.10. The molecule has 0 radical (unpaired) electrons. The molecule has 1 heterocycles. The quantitative estimate of drug-likeness (QED) is 0.543. The summed E-state index contributed by atoms with van der Waals surface area (Å²) in [5, 5.41) is 0. The van der Waals surface area contributed by atoms with Gasteiger partial charge in [0.05, 0.1) is 25.3 Å². The molecule has 0 aliphatic rings. The van der Waals surface area contributed by atoms with Gasteiger partial charge in [-0.15, -0.1) is 0 Å². The number of methoxy groups -OCH3 is 1. The van der Waals surface area contributed by atoms with Crippen molar-refractivity contribution in [2.24, 2.45) is 0 Å². The average molecular weight is 194 g/mol. The third kappa shape index (κ3) is 2.45. The van der Waals surface area contributed by atoms with E-state index in [9.17, 15) is 4.79 Å². The molecule has 1 aromatic rings. The predicted molar refractivity (Wildman–Crippen MR) is 53.7 cm³/mol.